The summed E-state index contributed by atoms with van der Waals surface area (Å²) >= 11 is 0. The number of imide groups is 1. The SMILES string of the molecule is COC(OC)C1CCN(c2ccc3c(c2)CN(C2CCC(=O)N(COC(=O)OC(C)(C)COC(C)(C)C)C2=O)C3=O)CC1. The molecule has 0 aliphatic carbocycles. The lowest BCUT2D eigenvalue weighted by molar-refractivity contribution is -0.158. The number of amides is 3. The Morgan fingerprint density at radius 3 is 2.30 bits per heavy atom. The number of piperidine rings is 2. The molecule has 12 heteroatoms. The molecule has 43 heavy (non-hydrogen) atoms. The van der Waals surface area contributed by atoms with Crippen LogP contribution >= 0.6 is 0 Å². The van der Waals surface area contributed by atoms with Crippen molar-refractivity contribution in [1.29, 1.82) is 0 Å². The van der Waals surface area contributed by atoms with E-state index in [0.717, 1.165) is 42.1 Å². The van der Waals surface area contributed by atoms with Crippen LogP contribution in [0.1, 0.15) is 76.2 Å². The smallest absolute Gasteiger partial charge is 0.426 e. The molecule has 0 spiro atoms. The van der Waals surface area contributed by atoms with E-state index in [1.54, 1.807) is 28.1 Å². The Labute approximate surface area is 253 Å². The van der Waals surface area contributed by atoms with Gasteiger partial charge in [-0.1, -0.05) is 0 Å². The lowest BCUT2D eigenvalue weighted by atomic mass is 9.95. The quantitative estimate of drug-likeness (QED) is 0.222. The van der Waals surface area contributed by atoms with E-state index in [0.29, 0.717) is 11.5 Å². The van der Waals surface area contributed by atoms with E-state index >= 15 is 0 Å². The monoisotopic (exact) mass is 603 g/mol. The van der Waals surface area contributed by atoms with Crippen LogP contribution < -0.4 is 4.90 Å². The first-order valence-electron chi connectivity index (χ1n) is 14.8. The standard InChI is InChI=1S/C31H45N3O9/c1-30(2,3)42-18-31(4,5)43-29(38)41-19-34-25(35)11-10-24(27(34)37)33-17-21-16-22(8-9-23(21)26(33)36)32-14-12-20(13-15-32)28(39-6)40-7/h8-9,16,20,24,28H,10-15,17-19H2,1-7H3. The van der Waals surface area contributed by atoms with Crippen LogP contribution in [0.25, 0.3) is 0 Å². The molecule has 3 aliphatic heterocycles. The molecular weight excluding hydrogens is 558 g/mol. The summed E-state index contributed by atoms with van der Waals surface area (Å²) in [4.78, 5) is 56.5. The minimum Gasteiger partial charge on any atom is -0.426 e. The van der Waals surface area contributed by atoms with Gasteiger partial charge in [0.25, 0.3) is 11.8 Å². The molecule has 1 aromatic rings. The van der Waals surface area contributed by atoms with Crippen LogP contribution in [0.3, 0.4) is 0 Å². The third kappa shape index (κ3) is 7.84. The Kier molecular flexibility index (Phi) is 10.0. The summed E-state index contributed by atoms with van der Waals surface area (Å²) in [5, 5.41) is 0. The minimum absolute atomic E-state index is 0.0456. The van der Waals surface area contributed by atoms with Crippen LogP contribution in [0.4, 0.5) is 10.5 Å². The second-order valence-corrected chi connectivity index (χ2v) is 12.9. The predicted octanol–water partition coefficient (Wildman–Crippen LogP) is 3.70. The minimum atomic E-state index is -1.02. The van der Waals surface area contributed by atoms with Crippen LogP contribution in [0.15, 0.2) is 18.2 Å². The molecule has 1 aromatic carbocycles. The molecule has 2 fully saturated rings. The van der Waals surface area contributed by atoms with Gasteiger partial charge in [0.1, 0.15) is 11.6 Å². The van der Waals surface area contributed by atoms with Crippen molar-refractivity contribution in [2.45, 2.75) is 90.4 Å². The third-order valence-corrected chi connectivity index (χ3v) is 8.06. The van der Waals surface area contributed by atoms with Gasteiger partial charge < -0.3 is 33.5 Å². The van der Waals surface area contributed by atoms with E-state index in [2.05, 4.69) is 4.90 Å². The second-order valence-electron chi connectivity index (χ2n) is 12.9. The summed E-state index contributed by atoms with van der Waals surface area (Å²) < 4.78 is 27.1. The summed E-state index contributed by atoms with van der Waals surface area (Å²) in [6.45, 7) is 10.5. The maximum absolute atomic E-state index is 13.4. The van der Waals surface area contributed by atoms with Gasteiger partial charge >= 0.3 is 6.16 Å². The number of rotatable bonds is 10. The van der Waals surface area contributed by atoms with Crippen LogP contribution in [-0.2, 0) is 39.8 Å². The topological polar surface area (TPSA) is 124 Å². The number of carbonyl (C=O) groups excluding carboxylic acids is 4. The molecule has 12 nitrogen and oxygen atoms in total. The van der Waals surface area contributed by atoms with Gasteiger partial charge in [-0.25, -0.2) is 9.69 Å². The normalized spacial score (nSPS) is 20.2. The van der Waals surface area contributed by atoms with Crippen LogP contribution in [0.2, 0.25) is 0 Å². The van der Waals surface area contributed by atoms with Crippen molar-refractivity contribution in [2.75, 3.05) is 45.5 Å². The Bertz CT molecular complexity index is 1200. The van der Waals surface area contributed by atoms with Crippen molar-refractivity contribution in [2.24, 2.45) is 5.92 Å². The van der Waals surface area contributed by atoms with Crippen LogP contribution in [0.5, 0.6) is 0 Å². The maximum Gasteiger partial charge on any atom is 0.510 e. The summed E-state index contributed by atoms with van der Waals surface area (Å²) in [6, 6.07) is 4.93. The van der Waals surface area contributed by atoms with Gasteiger partial charge in [0.2, 0.25) is 5.91 Å². The zero-order chi connectivity index (χ0) is 31.5. The van der Waals surface area contributed by atoms with Gasteiger partial charge in [0, 0.05) is 57.4 Å². The van der Waals surface area contributed by atoms with Crippen molar-refractivity contribution in [3.8, 4) is 0 Å². The van der Waals surface area contributed by atoms with Gasteiger partial charge in [-0.2, -0.15) is 0 Å². The Balaban J connectivity index is 1.35. The van der Waals surface area contributed by atoms with E-state index < -0.39 is 41.9 Å². The largest absolute Gasteiger partial charge is 0.510 e. The van der Waals surface area contributed by atoms with Gasteiger partial charge in [-0.3, -0.25) is 14.4 Å². The molecule has 1 unspecified atom stereocenters. The first-order chi connectivity index (χ1) is 20.2. The molecule has 0 radical (unpaired) electrons. The fourth-order valence-corrected chi connectivity index (χ4v) is 5.73. The van der Waals surface area contributed by atoms with Crippen LogP contribution in [-0.4, -0.2) is 97.9 Å². The van der Waals surface area contributed by atoms with Gasteiger partial charge in [0.05, 0.1) is 12.2 Å². The van der Waals surface area contributed by atoms with Crippen molar-refractivity contribution in [1.82, 2.24) is 9.80 Å². The molecule has 3 aliphatic rings. The van der Waals surface area contributed by atoms with E-state index in [4.69, 9.17) is 23.7 Å². The zero-order valence-electron chi connectivity index (χ0n) is 26.3. The highest BCUT2D eigenvalue weighted by molar-refractivity contribution is 6.05. The van der Waals surface area contributed by atoms with Crippen molar-refractivity contribution in [3.63, 3.8) is 0 Å². The molecule has 238 valence electrons. The number of benzene rings is 1. The zero-order valence-corrected chi connectivity index (χ0v) is 26.3. The molecule has 0 saturated carbocycles. The summed E-state index contributed by atoms with van der Waals surface area (Å²) in [6.07, 6.45) is 0.856. The third-order valence-electron chi connectivity index (χ3n) is 8.06. The summed E-state index contributed by atoms with van der Waals surface area (Å²) in [7, 11) is 3.31. The number of ether oxygens (including phenoxy) is 5. The molecule has 0 aromatic heterocycles. The number of likely N-dealkylation sites (tertiary alicyclic amines) is 1. The molecule has 2 saturated heterocycles. The number of methoxy groups -OCH3 is 2. The lowest BCUT2D eigenvalue weighted by Gasteiger charge is -2.36. The number of hydrogen-bond acceptors (Lipinski definition) is 10. The number of fused-ring (bicyclic) bond motifs is 1. The second kappa shape index (κ2) is 13.2. The lowest BCUT2D eigenvalue weighted by Crippen LogP contribution is -2.55. The highest BCUT2D eigenvalue weighted by Crippen LogP contribution is 2.33. The average Bonchev–Trinajstić information content (AvgIpc) is 3.27. The highest BCUT2D eigenvalue weighted by atomic mass is 16.7. The molecule has 0 N–H and O–H groups in total. The Morgan fingerprint density at radius 1 is 1.00 bits per heavy atom. The fraction of sp³-hybridized carbons (Fsp3) is 0.677. The number of nitrogens with zero attached hydrogens (tertiary/aromatic N) is 3. The first kappa shape index (κ1) is 32.7. The fourth-order valence-electron chi connectivity index (χ4n) is 5.73. The highest BCUT2D eigenvalue weighted by Gasteiger charge is 2.43. The van der Waals surface area contributed by atoms with Gasteiger partial charge in [0.15, 0.2) is 13.0 Å². The predicted molar refractivity (Wildman–Crippen MR) is 156 cm³/mol. The number of hydrogen-bond donors (Lipinski definition) is 0. The van der Waals surface area contributed by atoms with E-state index in [9.17, 15) is 19.2 Å². The van der Waals surface area contributed by atoms with E-state index in [1.807, 2.05) is 39.0 Å². The van der Waals surface area contributed by atoms with Crippen LogP contribution in [0, 0.1) is 5.92 Å². The van der Waals surface area contributed by atoms with Crippen molar-refractivity contribution < 1.29 is 42.9 Å². The Morgan fingerprint density at radius 2 is 1.67 bits per heavy atom. The summed E-state index contributed by atoms with van der Waals surface area (Å²) in [5.41, 5.74) is 1.01. The first-order valence-corrected chi connectivity index (χ1v) is 14.8. The average molecular weight is 604 g/mol. The molecule has 1 atom stereocenters. The number of carbonyl (C=O) groups is 4. The molecular formula is C31H45N3O9. The Hall–Kier alpha value is -3.22. The van der Waals surface area contributed by atoms with Crippen molar-refractivity contribution >= 4 is 29.6 Å². The molecule has 3 amide bonds. The molecule has 4 rings (SSSR count). The summed E-state index contributed by atoms with van der Waals surface area (Å²) in [5.74, 6) is -0.977. The van der Waals surface area contributed by atoms with Gasteiger partial charge in [-0.05, 0) is 77.6 Å². The maximum atomic E-state index is 13.4. The van der Waals surface area contributed by atoms with E-state index in [1.165, 1.54) is 4.90 Å². The molecule has 0 bridgehead atoms. The number of anilines is 1. The van der Waals surface area contributed by atoms with E-state index in [-0.39, 0.29) is 38.2 Å². The van der Waals surface area contributed by atoms with Crippen molar-refractivity contribution in [3.05, 3.63) is 29.3 Å². The molecule has 3 heterocycles. The van der Waals surface area contributed by atoms with Gasteiger partial charge in [-0.15, -0.1) is 0 Å².